The maximum Gasteiger partial charge on any atom is 0.339 e. The van der Waals surface area contributed by atoms with Crippen LogP contribution in [0.5, 0.6) is 0 Å². The lowest BCUT2D eigenvalue weighted by Gasteiger charge is -2.18. The minimum atomic E-state index is -3.66. The molecule has 0 aliphatic heterocycles. The van der Waals surface area contributed by atoms with Crippen molar-refractivity contribution in [2.45, 2.75) is 44.1 Å². The van der Waals surface area contributed by atoms with Gasteiger partial charge in [0, 0.05) is 30.9 Å². The van der Waals surface area contributed by atoms with Crippen molar-refractivity contribution in [1.29, 1.82) is 0 Å². The van der Waals surface area contributed by atoms with Gasteiger partial charge >= 0.3 is 5.97 Å². The van der Waals surface area contributed by atoms with Gasteiger partial charge in [-0.25, -0.2) is 17.5 Å². The molecule has 0 fully saturated rings. The zero-order chi connectivity index (χ0) is 24.6. The zero-order valence-corrected chi connectivity index (χ0v) is 20.4. The highest BCUT2D eigenvalue weighted by atomic mass is 32.2. The topological polar surface area (TPSA) is 106 Å². The second-order valence-corrected chi connectivity index (χ2v) is 10.7. The minimum absolute atomic E-state index is 0.0573. The van der Waals surface area contributed by atoms with Gasteiger partial charge in [0.05, 0.1) is 16.0 Å². The molecule has 0 bridgehead atoms. The van der Waals surface area contributed by atoms with Crippen LogP contribution in [0.1, 0.15) is 40.5 Å². The average Bonchev–Trinajstić information content (AvgIpc) is 3.26. The van der Waals surface area contributed by atoms with Gasteiger partial charge in [-0.05, 0) is 62.4 Å². The van der Waals surface area contributed by atoms with Gasteiger partial charge in [0.1, 0.15) is 0 Å². The van der Waals surface area contributed by atoms with Crippen LogP contribution in [0.2, 0.25) is 0 Å². The third-order valence-corrected chi connectivity index (χ3v) is 7.83. The molecule has 1 aliphatic carbocycles. The number of sulfonamides is 1. The number of carbonyl (C=O) groups excluding carboxylic acids is 2. The first-order valence-electron chi connectivity index (χ1n) is 11.0. The lowest BCUT2D eigenvalue weighted by molar-refractivity contribution is -0.123. The number of amides is 1. The van der Waals surface area contributed by atoms with Gasteiger partial charge in [-0.2, -0.15) is 0 Å². The lowest BCUT2D eigenvalue weighted by atomic mass is 10.0. The van der Waals surface area contributed by atoms with Crippen molar-refractivity contribution in [3.05, 3.63) is 64.8 Å². The first-order chi connectivity index (χ1) is 16.1. The predicted molar refractivity (Wildman–Crippen MR) is 129 cm³/mol. The summed E-state index contributed by atoms with van der Waals surface area (Å²) in [5, 5.41) is 3.40. The third kappa shape index (κ3) is 4.41. The predicted octanol–water partition coefficient (Wildman–Crippen LogP) is 3.47. The van der Waals surface area contributed by atoms with E-state index in [0.29, 0.717) is 22.2 Å². The molecule has 1 aliphatic rings. The Balaban J connectivity index is 1.57. The van der Waals surface area contributed by atoms with Gasteiger partial charge in [-0.15, -0.1) is 0 Å². The number of aromatic nitrogens is 1. The summed E-state index contributed by atoms with van der Waals surface area (Å²) in [5.74, 6) is -1.12. The van der Waals surface area contributed by atoms with Gasteiger partial charge in [0.25, 0.3) is 5.91 Å². The summed E-state index contributed by atoms with van der Waals surface area (Å²) >= 11 is 0. The second-order valence-electron chi connectivity index (χ2n) is 8.58. The molecule has 3 aromatic rings. The van der Waals surface area contributed by atoms with E-state index >= 15 is 0 Å². The fourth-order valence-corrected chi connectivity index (χ4v) is 4.99. The highest BCUT2D eigenvalue weighted by molar-refractivity contribution is 7.89. The van der Waals surface area contributed by atoms with Crippen LogP contribution in [0.15, 0.2) is 47.4 Å². The van der Waals surface area contributed by atoms with Gasteiger partial charge in [0.2, 0.25) is 10.0 Å². The molecule has 0 radical (unpaired) electrons. The molecular weight excluding hydrogens is 454 g/mol. The van der Waals surface area contributed by atoms with Crippen molar-refractivity contribution in [1.82, 2.24) is 9.29 Å². The molecule has 9 heteroatoms. The van der Waals surface area contributed by atoms with E-state index in [1.165, 1.54) is 33.2 Å². The molecule has 8 nitrogen and oxygen atoms in total. The number of para-hydroxylation sites is 1. The Labute approximate surface area is 199 Å². The van der Waals surface area contributed by atoms with E-state index in [9.17, 15) is 18.0 Å². The second kappa shape index (κ2) is 9.15. The van der Waals surface area contributed by atoms with Crippen molar-refractivity contribution < 1.29 is 22.7 Å². The van der Waals surface area contributed by atoms with Crippen LogP contribution in [-0.2, 0) is 32.4 Å². The van der Waals surface area contributed by atoms with Crippen LogP contribution < -0.4 is 5.32 Å². The highest BCUT2D eigenvalue weighted by Gasteiger charge is 2.28. The Kier molecular flexibility index (Phi) is 6.42. The van der Waals surface area contributed by atoms with Crippen LogP contribution in [0.4, 0.5) is 5.69 Å². The molecule has 0 saturated carbocycles. The Morgan fingerprint density at radius 1 is 1.12 bits per heavy atom. The van der Waals surface area contributed by atoms with E-state index < -0.39 is 28.0 Å². The van der Waals surface area contributed by atoms with Gasteiger partial charge in [-0.3, -0.25) is 9.78 Å². The Morgan fingerprint density at radius 3 is 2.59 bits per heavy atom. The van der Waals surface area contributed by atoms with E-state index in [-0.39, 0.29) is 4.90 Å². The molecule has 34 heavy (non-hydrogen) atoms. The number of carbonyl (C=O) groups is 2. The summed E-state index contributed by atoms with van der Waals surface area (Å²) < 4.78 is 31.6. The normalized spacial score (nSPS) is 14.1. The molecule has 0 spiro atoms. The number of hydrogen-bond donors (Lipinski definition) is 1. The number of nitrogens with zero attached hydrogens (tertiary/aromatic N) is 2. The fourth-order valence-electron chi connectivity index (χ4n) is 4.06. The summed E-state index contributed by atoms with van der Waals surface area (Å²) in [5.41, 5.74) is 3.99. The van der Waals surface area contributed by atoms with E-state index in [1.807, 2.05) is 24.3 Å². The highest BCUT2D eigenvalue weighted by Crippen LogP contribution is 2.31. The molecule has 1 atom stereocenters. The maximum absolute atomic E-state index is 13.2. The molecule has 1 heterocycles. The molecule has 2 aromatic carbocycles. The van der Waals surface area contributed by atoms with Crippen LogP contribution in [-0.4, -0.2) is 49.8 Å². The van der Waals surface area contributed by atoms with E-state index in [4.69, 9.17) is 4.74 Å². The number of aryl methyl sites for hydroxylation is 2. The standard InChI is InChI=1S/C25H27N3O5S/c1-15-12-13-17(34(31,32)28(3)4)14-22(15)27-24(29)16(2)33-25(30)23-18-8-5-6-10-20(18)26-21-11-7-9-19(21)23/h5-6,8,10,12-14,16H,7,9,11H2,1-4H3,(H,27,29). The largest absolute Gasteiger partial charge is 0.449 e. The van der Waals surface area contributed by atoms with Crippen molar-refractivity contribution in [3.8, 4) is 0 Å². The minimum Gasteiger partial charge on any atom is -0.449 e. The molecule has 4 rings (SSSR count). The zero-order valence-electron chi connectivity index (χ0n) is 19.6. The van der Waals surface area contributed by atoms with E-state index in [2.05, 4.69) is 10.3 Å². The average molecular weight is 482 g/mol. The smallest absolute Gasteiger partial charge is 0.339 e. The Hall–Kier alpha value is -3.30. The molecule has 0 saturated heterocycles. The number of ether oxygens (including phenoxy) is 1. The maximum atomic E-state index is 13.2. The number of hydrogen-bond acceptors (Lipinski definition) is 6. The number of nitrogens with one attached hydrogen (secondary N) is 1. The third-order valence-electron chi connectivity index (χ3n) is 6.02. The number of rotatable bonds is 6. The van der Waals surface area contributed by atoms with Crippen LogP contribution in [0.25, 0.3) is 10.9 Å². The van der Waals surface area contributed by atoms with Gasteiger partial charge < -0.3 is 10.1 Å². The number of anilines is 1. The van der Waals surface area contributed by atoms with Crippen molar-refractivity contribution in [2.24, 2.45) is 0 Å². The first kappa shape index (κ1) is 23.8. The fraction of sp³-hybridized carbons (Fsp3) is 0.320. The van der Waals surface area contributed by atoms with Gasteiger partial charge in [0.15, 0.2) is 6.10 Å². The van der Waals surface area contributed by atoms with Crippen molar-refractivity contribution >= 4 is 38.5 Å². The van der Waals surface area contributed by atoms with E-state index in [1.54, 1.807) is 13.0 Å². The van der Waals surface area contributed by atoms with Gasteiger partial charge in [-0.1, -0.05) is 24.3 Å². The SMILES string of the molecule is Cc1ccc(S(=O)(=O)N(C)C)cc1NC(=O)C(C)OC(=O)c1c2c(nc3ccccc13)CCC2. The first-order valence-corrected chi connectivity index (χ1v) is 12.5. The molecule has 178 valence electrons. The summed E-state index contributed by atoms with van der Waals surface area (Å²) in [6.07, 6.45) is 1.37. The number of pyridine rings is 1. The quantitative estimate of drug-likeness (QED) is 0.541. The number of fused-ring (bicyclic) bond motifs is 2. The summed E-state index contributed by atoms with van der Waals surface area (Å²) in [6.45, 7) is 3.25. The summed E-state index contributed by atoms with van der Waals surface area (Å²) in [4.78, 5) is 30.8. The van der Waals surface area contributed by atoms with Crippen LogP contribution >= 0.6 is 0 Å². The van der Waals surface area contributed by atoms with Crippen LogP contribution in [0, 0.1) is 6.92 Å². The van der Waals surface area contributed by atoms with E-state index in [0.717, 1.165) is 40.3 Å². The number of esters is 1. The lowest BCUT2D eigenvalue weighted by Crippen LogP contribution is -2.31. The molecular formula is C25H27N3O5S. The van der Waals surface area contributed by atoms with Crippen molar-refractivity contribution in [3.63, 3.8) is 0 Å². The summed E-state index contributed by atoms with van der Waals surface area (Å²) in [6, 6.07) is 11.9. The summed E-state index contributed by atoms with van der Waals surface area (Å²) in [7, 11) is -0.785. The molecule has 1 aromatic heterocycles. The Bertz CT molecular complexity index is 1400. The molecule has 1 unspecified atom stereocenters. The van der Waals surface area contributed by atoms with Crippen LogP contribution in [0.3, 0.4) is 0 Å². The molecule has 1 N–H and O–H groups in total. The monoisotopic (exact) mass is 481 g/mol. The van der Waals surface area contributed by atoms with Crippen molar-refractivity contribution in [2.75, 3.05) is 19.4 Å². The molecule has 1 amide bonds. The number of benzene rings is 2. The Morgan fingerprint density at radius 2 is 1.85 bits per heavy atom.